The van der Waals surface area contributed by atoms with Crippen LogP contribution in [0.5, 0.6) is 0 Å². The second kappa shape index (κ2) is 8.97. The van der Waals surface area contributed by atoms with E-state index in [1.165, 1.54) is 24.3 Å². The number of hydrogen-bond donors (Lipinski definition) is 1. The van der Waals surface area contributed by atoms with Crippen LogP contribution in [0.4, 0.5) is 10.1 Å². The fraction of sp³-hybridized carbons (Fsp3) is 0.300. The van der Waals surface area contributed by atoms with Crippen LogP contribution < -0.4 is 5.32 Å². The van der Waals surface area contributed by atoms with E-state index >= 15 is 0 Å². The molecule has 0 fully saturated rings. The van der Waals surface area contributed by atoms with Crippen LogP contribution in [0.1, 0.15) is 30.5 Å². The Kier molecular flexibility index (Phi) is 6.69. The van der Waals surface area contributed by atoms with Crippen LogP contribution in [0.15, 0.2) is 42.5 Å². The van der Waals surface area contributed by atoms with E-state index in [0.717, 1.165) is 29.7 Å². The molecule has 0 unspecified atom stereocenters. The molecule has 1 N–H and O–H groups in total. The van der Waals surface area contributed by atoms with E-state index in [9.17, 15) is 14.0 Å². The van der Waals surface area contributed by atoms with Crippen molar-refractivity contribution in [2.24, 2.45) is 0 Å². The van der Waals surface area contributed by atoms with E-state index in [4.69, 9.17) is 4.74 Å². The first-order chi connectivity index (χ1) is 12.0. The van der Waals surface area contributed by atoms with Gasteiger partial charge in [0.2, 0.25) is 0 Å². The van der Waals surface area contributed by atoms with Gasteiger partial charge in [-0.2, -0.15) is 0 Å². The molecule has 2 aromatic rings. The van der Waals surface area contributed by atoms with Gasteiger partial charge in [-0.25, -0.2) is 4.39 Å². The molecular formula is C20H22FNO3. The zero-order valence-electron chi connectivity index (χ0n) is 14.5. The number of para-hydroxylation sites is 1. The molecule has 2 aromatic carbocycles. The van der Waals surface area contributed by atoms with E-state index in [1.807, 2.05) is 32.0 Å². The molecule has 0 saturated heterocycles. The predicted octanol–water partition coefficient (Wildman–Crippen LogP) is 3.67. The van der Waals surface area contributed by atoms with Crippen molar-refractivity contribution in [2.75, 3.05) is 11.9 Å². The fourth-order valence-corrected chi connectivity index (χ4v) is 2.54. The first-order valence-corrected chi connectivity index (χ1v) is 8.34. The average molecular weight is 343 g/mol. The van der Waals surface area contributed by atoms with Crippen molar-refractivity contribution in [1.29, 1.82) is 0 Å². The van der Waals surface area contributed by atoms with Gasteiger partial charge in [-0.05, 0) is 41.7 Å². The van der Waals surface area contributed by atoms with Crippen molar-refractivity contribution < 1.29 is 18.7 Å². The number of aryl methyl sites for hydroxylation is 2. The number of hydrogen-bond acceptors (Lipinski definition) is 3. The highest BCUT2D eigenvalue weighted by Crippen LogP contribution is 2.22. The number of benzene rings is 2. The van der Waals surface area contributed by atoms with Crippen LogP contribution in [0, 0.1) is 5.82 Å². The summed E-state index contributed by atoms with van der Waals surface area (Å²) in [6.45, 7) is 3.70. The summed E-state index contributed by atoms with van der Waals surface area (Å²) in [6, 6.07) is 11.5. The standard InChI is InChI=1S/C20H22FNO3/c1-3-15-6-5-7-16(4-2)20(15)22-18(23)13-25-19(24)12-14-8-10-17(21)11-9-14/h5-11H,3-4,12-13H2,1-2H3,(H,22,23). The molecule has 5 heteroatoms. The third kappa shape index (κ3) is 5.41. The lowest BCUT2D eigenvalue weighted by Gasteiger charge is -2.14. The van der Waals surface area contributed by atoms with Crippen molar-refractivity contribution in [2.45, 2.75) is 33.1 Å². The Morgan fingerprint density at radius 3 is 2.16 bits per heavy atom. The molecule has 2 rings (SSSR count). The molecule has 0 bridgehead atoms. The first kappa shape index (κ1) is 18.6. The van der Waals surface area contributed by atoms with Gasteiger partial charge in [0.15, 0.2) is 6.61 Å². The molecule has 25 heavy (non-hydrogen) atoms. The lowest BCUT2D eigenvalue weighted by molar-refractivity contribution is -0.146. The van der Waals surface area contributed by atoms with E-state index in [0.29, 0.717) is 5.56 Å². The van der Waals surface area contributed by atoms with E-state index < -0.39 is 5.97 Å². The zero-order chi connectivity index (χ0) is 18.2. The number of esters is 1. The van der Waals surface area contributed by atoms with Crippen LogP contribution >= 0.6 is 0 Å². The normalized spacial score (nSPS) is 10.4. The Balaban J connectivity index is 1.90. The summed E-state index contributed by atoms with van der Waals surface area (Å²) in [5.74, 6) is -1.26. The average Bonchev–Trinajstić information content (AvgIpc) is 2.62. The Bertz CT molecular complexity index is 719. The molecule has 0 atom stereocenters. The Labute approximate surface area is 147 Å². The van der Waals surface area contributed by atoms with Crippen LogP contribution in [0.2, 0.25) is 0 Å². The van der Waals surface area contributed by atoms with Crippen LogP contribution in [-0.4, -0.2) is 18.5 Å². The van der Waals surface area contributed by atoms with E-state index in [1.54, 1.807) is 0 Å². The van der Waals surface area contributed by atoms with Gasteiger partial charge in [0.25, 0.3) is 5.91 Å². The van der Waals surface area contributed by atoms with Crippen molar-refractivity contribution in [3.05, 3.63) is 65.0 Å². The molecule has 0 aliphatic heterocycles. The summed E-state index contributed by atoms with van der Waals surface area (Å²) in [5, 5.41) is 2.84. The molecule has 0 saturated carbocycles. The number of nitrogens with one attached hydrogen (secondary N) is 1. The van der Waals surface area contributed by atoms with Gasteiger partial charge >= 0.3 is 5.97 Å². The third-order valence-electron chi connectivity index (χ3n) is 3.89. The SMILES string of the molecule is CCc1cccc(CC)c1NC(=O)COC(=O)Cc1ccc(F)cc1. The molecule has 0 aliphatic carbocycles. The fourth-order valence-electron chi connectivity index (χ4n) is 2.54. The maximum atomic E-state index is 12.8. The molecule has 0 spiro atoms. The van der Waals surface area contributed by atoms with Crippen LogP contribution in [0.25, 0.3) is 0 Å². The second-order valence-corrected chi connectivity index (χ2v) is 5.67. The maximum Gasteiger partial charge on any atom is 0.310 e. The molecule has 132 valence electrons. The summed E-state index contributed by atoms with van der Waals surface area (Å²) in [6.07, 6.45) is 1.60. The summed E-state index contributed by atoms with van der Waals surface area (Å²) in [4.78, 5) is 23.9. The van der Waals surface area contributed by atoms with Crippen molar-refractivity contribution in [1.82, 2.24) is 0 Å². The summed E-state index contributed by atoms with van der Waals surface area (Å²) in [5.41, 5.74) is 3.53. The molecule has 0 radical (unpaired) electrons. The highest BCUT2D eigenvalue weighted by atomic mass is 19.1. The zero-order valence-corrected chi connectivity index (χ0v) is 14.5. The number of rotatable bonds is 7. The minimum atomic E-state index is -0.527. The second-order valence-electron chi connectivity index (χ2n) is 5.67. The van der Waals surface area contributed by atoms with Crippen molar-refractivity contribution >= 4 is 17.6 Å². The lowest BCUT2D eigenvalue weighted by atomic mass is 10.0. The summed E-state index contributed by atoms with van der Waals surface area (Å²) >= 11 is 0. The largest absolute Gasteiger partial charge is 0.455 e. The number of anilines is 1. The molecule has 0 aliphatic rings. The van der Waals surface area contributed by atoms with Gasteiger partial charge in [-0.3, -0.25) is 9.59 Å². The Morgan fingerprint density at radius 2 is 1.60 bits per heavy atom. The molecule has 1 amide bonds. The van der Waals surface area contributed by atoms with E-state index in [2.05, 4.69) is 5.32 Å². The van der Waals surface area contributed by atoms with Gasteiger partial charge in [0.05, 0.1) is 6.42 Å². The Morgan fingerprint density at radius 1 is 1.00 bits per heavy atom. The first-order valence-electron chi connectivity index (χ1n) is 8.34. The number of carbonyl (C=O) groups is 2. The van der Waals surface area contributed by atoms with Crippen molar-refractivity contribution in [3.63, 3.8) is 0 Å². The van der Waals surface area contributed by atoms with Crippen molar-refractivity contribution in [3.8, 4) is 0 Å². The monoisotopic (exact) mass is 343 g/mol. The molecule has 0 aromatic heterocycles. The maximum absolute atomic E-state index is 12.8. The minimum absolute atomic E-state index is 0.000678. The number of amides is 1. The van der Waals surface area contributed by atoms with E-state index in [-0.39, 0.29) is 24.8 Å². The molecular weight excluding hydrogens is 321 g/mol. The molecule has 4 nitrogen and oxygen atoms in total. The number of ether oxygens (including phenoxy) is 1. The quantitative estimate of drug-likeness (QED) is 0.780. The van der Waals surface area contributed by atoms with Gasteiger partial charge in [0, 0.05) is 5.69 Å². The van der Waals surface area contributed by atoms with Gasteiger partial charge in [0.1, 0.15) is 5.82 Å². The highest BCUT2D eigenvalue weighted by molar-refractivity contribution is 5.94. The number of carbonyl (C=O) groups excluding carboxylic acids is 2. The lowest BCUT2D eigenvalue weighted by Crippen LogP contribution is -2.23. The summed E-state index contributed by atoms with van der Waals surface area (Å²) < 4.78 is 17.9. The topological polar surface area (TPSA) is 55.4 Å². The third-order valence-corrected chi connectivity index (χ3v) is 3.89. The van der Waals surface area contributed by atoms with Gasteiger partial charge in [-0.1, -0.05) is 44.2 Å². The van der Waals surface area contributed by atoms with Crippen LogP contribution in [-0.2, 0) is 33.6 Å². The minimum Gasteiger partial charge on any atom is -0.455 e. The van der Waals surface area contributed by atoms with Gasteiger partial charge in [-0.15, -0.1) is 0 Å². The highest BCUT2D eigenvalue weighted by Gasteiger charge is 2.12. The smallest absolute Gasteiger partial charge is 0.310 e. The molecule has 0 heterocycles. The number of halogens is 1. The van der Waals surface area contributed by atoms with Crippen LogP contribution in [0.3, 0.4) is 0 Å². The summed E-state index contributed by atoms with van der Waals surface area (Å²) in [7, 11) is 0. The predicted molar refractivity (Wildman–Crippen MR) is 94.9 cm³/mol. The Hall–Kier alpha value is -2.69. The van der Waals surface area contributed by atoms with Gasteiger partial charge < -0.3 is 10.1 Å².